The molecule has 3 aromatic rings. The quantitative estimate of drug-likeness (QED) is 0.430. The molecule has 0 amide bonds. The van der Waals surface area contributed by atoms with Gasteiger partial charge in [-0.25, -0.2) is 4.98 Å². The second kappa shape index (κ2) is 6.80. The molecule has 0 saturated carbocycles. The van der Waals surface area contributed by atoms with E-state index in [4.69, 9.17) is 0 Å². The lowest BCUT2D eigenvalue weighted by Gasteiger charge is -1.93. The highest BCUT2D eigenvalue weighted by Gasteiger charge is 2.02. The zero-order valence-electron chi connectivity index (χ0n) is 11.9. The number of nitrogens with zero attached hydrogens (tertiary/aromatic N) is 3. The minimum absolute atomic E-state index is 0.0771. The molecule has 1 heterocycles. The van der Waals surface area contributed by atoms with Gasteiger partial charge in [0, 0.05) is 18.3 Å². The normalized spacial score (nSPS) is 11.5. The first-order chi connectivity index (χ1) is 11.2. The van der Waals surface area contributed by atoms with E-state index in [-0.39, 0.29) is 5.69 Å². The Morgan fingerprint density at radius 3 is 2.70 bits per heavy atom. The number of nitrogens with one attached hydrogen (secondary N) is 1. The van der Waals surface area contributed by atoms with Crippen LogP contribution in [0.1, 0.15) is 5.56 Å². The molecule has 0 bridgehead atoms. The highest BCUT2D eigenvalue weighted by molar-refractivity contribution is 7.22. The van der Waals surface area contributed by atoms with E-state index in [1.165, 1.54) is 23.5 Å². The summed E-state index contributed by atoms with van der Waals surface area (Å²) in [5.41, 5.74) is 4.76. The number of nitro benzene ring substituents is 1. The first kappa shape index (κ1) is 14.9. The van der Waals surface area contributed by atoms with Crippen LogP contribution in [-0.2, 0) is 0 Å². The van der Waals surface area contributed by atoms with Crippen molar-refractivity contribution < 1.29 is 4.92 Å². The lowest BCUT2D eigenvalue weighted by atomic mass is 10.2. The average Bonchev–Trinajstić information content (AvgIpc) is 2.97. The van der Waals surface area contributed by atoms with Crippen LogP contribution in [0.3, 0.4) is 0 Å². The third-order valence-electron chi connectivity index (χ3n) is 3.01. The summed E-state index contributed by atoms with van der Waals surface area (Å²) in [5.74, 6) is 0. The van der Waals surface area contributed by atoms with E-state index in [0.717, 1.165) is 20.9 Å². The number of non-ortho nitro benzene ring substituents is 1. The second-order valence-corrected chi connectivity index (χ2v) is 5.62. The van der Waals surface area contributed by atoms with Gasteiger partial charge < -0.3 is 0 Å². The molecule has 0 aliphatic rings. The van der Waals surface area contributed by atoms with E-state index in [1.807, 2.05) is 30.3 Å². The Kier molecular flexibility index (Phi) is 4.39. The Balaban J connectivity index is 1.58. The number of fused-ring (bicyclic) bond motifs is 1. The molecule has 0 aliphatic heterocycles. The monoisotopic (exact) mass is 324 g/mol. The number of hydrogen-bond acceptors (Lipinski definition) is 6. The van der Waals surface area contributed by atoms with Crippen LogP contribution in [0, 0.1) is 10.1 Å². The summed E-state index contributed by atoms with van der Waals surface area (Å²) >= 11 is 1.53. The third-order valence-corrected chi connectivity index (χ3v) is 3.95. The lowest BCUT2D eigenvalue weighted by molar-refractivity contribution is -0.384. The molecule has 2 aromatic carbocycles. The van der Waals surface area contributed by atoms with Gasteiger partial charge in [0.15, 0.2) is 0 Å². The molecular weight excluding hydrogens is 312 g/mol. The second-order valence-electron chi connectivity index (χ2n) is 4.58. The van der Waals surface area contributed by atoms with Crippen LogP contribution in [0.2, 0.25) is 0 Å². The standard InChI is InChI=1S/C16H12N4O2S/c21-20(22)13-9-7-12(8-10-13)4-3-11-17-19-16-18-14-5-1-2-6-15(14)23-16/h1-11H,(H,18,19). The molecule has 0 unspecified atom stereocenters. The predicted octanol–water partition coefficient (Wildman–Crippen LogP) is 4.32. The zero-order valence-corrected chi connectivity index (χ0v) is 12.7. The van der Waals surface area contributed by atoms with Crippen molar-refractivity contribution in [2.45, 2.75) is 0 Å². The fraction of sp³-hybridized carbons (Fsp3) is 0. The zero-order chi connectivity index (χ0) is 16.1. The molecule has 7 heteroatoms. The van der Waals surface area contributed by atoms with Crippen molar-refractivity contribution in [2.75, 3.05) is 5.43 Å². The molecule has 0 radical (unpaired) electrons. The minimum atomic E-state index is -0.420. The number of hydrogen-bond donors (Lipinski definition) is 1. The van der Waals surface area contributed by atoms with Crippen LogP contribution in [0.5, 0.6) is 0 Å². The van der Waals surface area contributed by atoms with E-state index in [0.29, 0.717) is 0 Å². The molecular formula is C16H12N4O2S. The summed E-state index contributed by atoms with van der Waals surface area (Å²) in [5, 5.41) is 15.4. The Bertz CT molecular complexity index is 851. The number of aromatic nitrogens is 1. The predicted molar refractivity (Wildman–Crippen MR) is 93.9 cm³/mol. The molecule has 23 heavy (non-hydrogen) atoms. The fourth-order valence-electron chi connectivity index (χ4n) is 1.92. The van der Waals surface area contributed by atoms with Gasteiger partial charge >= 0.3 is 0 Å². The van der Waals surface area contributed by atoms with E-state index in [1.54, 1.807) is 24.4 Å². The number of allylic oxidation sites excluding steroid dienone is 1. The van der Waals surface area contributed by atoms with Crippen molar-refractivity contribution in [3.8, 4) is 0 Å². The molecule has 3 rings (SSSR count). The summed E-state index contributed by atoms with van der Waals surface area (Å²) in [6.45, 7) is 0. The Morgan fingerprint density at radius 2 is 1.96 bits per heavy atom. The van der Waals surface area contributed by atoms with Gasteiger partial charge in [0.2, 0.25) is 5.13 Å². The maximum atomic E-state index is 10.6. The summed E-state index contributed by atoms with van der Waals surface area (Å²) in [6.07, 6.45) is 5.17. The maximum absolute atomic E-state index is 10.6. The molecule has 0 fully saturated rings. The highest BCUT2D eigenvalue weighted by atomic mass is 32.1. The molecule has 114 valence electrons. The first-order valence-electron chi connectivity index (χ1n) is 6.78. The molecule has 0 atom stereocenters. The van der Waals surface area contributed by atoms with Crippen LogP contribution in [0.4, 0.5) is 10.8 Å². The highest BCUT2D eigenvalue weighted by Crippen LogP contribution is 2.25. The number of rotatable bonds is 5. The van der Waals surface area contributed by atoms with Gasteiger partial charge in [-0.15, -0.1) is 0 Å². The van der Waals surface area contributed by atoms with Crippen LogP contribution >= 0.6 is 11.3 Å². The molecule has 0 aliphatic carbocycles. The SMILES string of the molecule is O=[N+]([O-])c1ccc(C=CC=NNc2nc3ccccc3s2)cc1. The number of anilines is 1. The Morgan fingerprint density at radius 1 is 1.17 bits per heavy atom. The summed E-state index contributed by atoms with van der Waals surface area (Å²) < 4.78 is 1.10. The summed E-state index contributed by atoms with van der Waals surface area (Å²) in [4.78, 5) is 14.5. The van der Waals surface area contributed by atoms with Crippen LogP contribution in [-0.4, -0.2) is 16.1 Å². The first-order valence-corrected chi connectivity index (χ1v) is 7.60. The largest absolute Gasteiger partial charge is 0.269 e. The van der Waals surface area contributed by atoms with Crippen molar-refractivity contribution in [1.29, 1.82) is 0 Å². The Hall–Kier alpha value is -3.06. The smallest absolute Gasteiger partial charge is 0.258 e. The summed E-state index contributed by atoms with van der Waals surface area (Å²) in [7, 11) is 0. The van der Waals surface area contributed by atoms with Gasteiger partial charge in [-0.1, -0.05) is 29.5 Å². The van der Waals surface area contributed by atoms with E-state index >= 15 is 0 Å². The molecule has 1 N–H and O–H groups in total. The number of benzene rings is 2. The van der Waals surface area contributed by atoms with Gasteiger partial charge in [0.05, 0.1) is 15.1 Å². The molecule has 0 spiro atoms. The van der Waals surface area contributed by atoms with Crippen molar-refractivity contribution in [2.24, 2.45) is 5.10 Å². The minimum Gasteiger partial charge on any atom is -0.258 e. The van der Waals surface area contributed by atoms with Gasteiger partial charge in [-0.2, -0.15) is 5.10 Å². The lowest BCUT2D eigenvalue weighted by Crippen LogP contribution is -1.87. The van der Waals surface area contributed by atoms with Crippen molar-refractivity contribution >= 4 is 44.7 Å². The third kappa shape index (κ3) is 3.78. The molecule has 0 saturated heterocycles. The summed E-state index contributed by atoms with van der Waals surface area (Å²) in [6, 6.07) is 14.2. The maximum Gasteiger partial charge on any atom is 0.269 e. The van der Waals surface area contributed by atoms with Crippen molar-refractivity contribution in [3.63, 3.8) is 0 Å². The van der Waals surface area contributed by atoms with Gasteiger partial charge in [0.1, 0.15) is 0 Å². The molecule has 6 nitrogen and oxygen atoms in total. The van der Waals surface area contributed by atoms with E-state index in [2.05, 4.69) is 15.5 Å². The van der Waals surface area contributed by atoms with Crippen molar-refractivity contribution in [3.05, 3.63) is 70.3 Å². The topological polar surface area (TPSA) is 80.4 Å². The fourth-order valence-corrected chi connectivity index (χ4v) is 2.73. The number of hydrazone groups is 1. The van der Waals surface area contributed by atoms with Gasteiger partial charge in [-0.05, 0) is 35.9 Å². The van der Waals surface area contributed by atoms with Crippen LogP contribution in [0.25, 0.3) is 16.3 Å². The van der Waals surface area contributed by atoms with Gasteiger partial charge in [-0.3, -0.25) is 15.5 Å². The van der Waals surface area contributed by atoms with Gasteiger partial charge in [0.25, 0.3) is 5.69 Å². The molecule has 1 aromatic heterocycles. The van der Waals surface area contributed by atoms with Crippen LogP contribution < -0.4 is 5.43 Å². The van der Waals surface area contributed by atoms with E-state index in [9.17, 15) is 10.1 Å². The van der Waals surface area contributed by atoms with Crippen molar-refractivity contribution in [1.82, 2.24) is 4.98 Å². The van der Waals surface area contributed by atoms with E-state index < -0.39 is 4.92 Å². The number of para-hydroxylation sites is 1. The number of thiazole rings is 1. The van der Waals surface area contributed by atoms with Crippen LogP contribution in [0.15, 0.2) is 59.7 Å². The average molecular weight is 324 g/mol. The number of nitro groups is 1. The Labute approximate surface area is 136 Å².